The van der Waals surface area contributed by atoms with Gasteiger partial charge in [-0.25, -0.2) is 8.42 Å². The molecule has 122 valence electrons. The van der Waals surface area contributed by atoms with Crippen molar-refractivity contribution in [2.75, 3.05) is 0 Å². The monoisotopic (exact) mass is 351 g/mol. The summed E-state index contributed by atoms with van der Waals surface area (Å²) in [6, 6.07) is 6.32. The molecule has 0 aliphatic carbocycles. The Kier molecular flexibility index (Phi) is 3.51. The van der Waals surface area contributed by atoms with E-state index in [4.69, 9.17) is 11.6 Å². The molecule has 1 N–H and O–H groups in total. The van der Waals surface area contributed by atoms with E-state index < -0.39 is 10.0 Å². The molecule has 7 heteroatoms. The fourth-order valence-electron chi connectivity index (χ4n) is 3.94. The van der Waals surface area contributed by atoms with Crippen LogP contribution in [0.5, 0.6) is 0 Å². The van der Waals surface area contributed by atoms with Crippen LogP contribution in [0.4, 0.5) is 0 Å². The Morgan fingerprint density at radius 2 is 2.00 bits per heavy atom. The second-order valence-electron chi connectivity index (χ2n) is 6.29. The van der Waals surface area contributed by atoms with Gasteiger partial charge in [-0.15, -0.1) is 0 Å². The molecule has 2 aromatic rings. The maximum absolute atomic E-state index is 13.2. The minimum atomic E-state index is -3.54. The van der Waals surface area contributed by atoms with Crippen molar-refractivity contribution in [3.05, 3.63) is 46.2 Å². The molecule has 1 aromatic carbocycles. The van der Waals surface area contributed by atoms with Crippen LogP contribution in [0.2, 0.25) is 5.02 Å². The normalized spacial score (nSPS) is 24.4. The molecule has 2 aliphatic rings. The first kappa shape index (κ1) is 15.2. The number of halogens is 1. The van der Waals surface area contributed by atoms with Crippen molar-refractivity contribution in [2.45, 2.75) is 49.6 Å². The minimum absolute atomic E-state index is 0.00165. The molecule has 1 aromatic heterocycles. The molecule has 23 heavy (non-hydrogen) atoms. The van der Waals surface area contributed by atoms with Crippen molar-refractivity contribution < 1.29 is 8.42 Å². The Morgan fingerprint density at radius 1 is 1.26 bits per heavy atom. The number of hydrogen-bond acceptors (Lipinski definition) is 3. The van der Waals surface area contributed by atoms with Gasteiger partial charge < -0.3 is 0 Å². The Labute approximate surface area is 140 Å². The van der Waals surface area contributed by atoms with E-state index in [0.717, 1.165) is 36.2 Å². The second-order valence-corrected chi connectivity index (χ2v) is 8.57. The third kappa shape index (κ3) is 2.31. The van der Waals surface area contributed by atoms with Crippen molar-refractivity contribution in [3.8, 4) is 0 Å². The quantitative estimate of drug-likeness (QED) is 0.903. The smallest absolute Gasteiger partial charge is 0.243 e. The van der Waals surface area contributed by atoms with Crippen LogP contribution in [0.3, 0.4) is 0 Å². The van der Waals surface area contributed by atoms with E-state index in [1.54, 1.807) is 28.6 Å². The summed E-state index contributed by atoms with van der Waals surface area (Å²) in [6.45, 7) is 1.94. The van der Waals surface area contributed by atoms with Crippen LogP contribution in [0.1, 0.15) is 42.3 Å². The molecule has 0 amide bonds. The summed E-state index contributed by atoms with van der Waals surface area (Å²) < 4.78 is 28.1. The molecule has 2 aliphatic heterocycles. The number of benzene rings is 1. The van der Waals surface area contributed by atoms with Gasteiger partial charge in [-0.05, 0) is 50.5 Å². The highest BCUT2D eigenvalue weighted by Gasteiger charge is 2.45. The zero-order chi connectivity index (χ0) is 16.2. The summed E-state index contributed by atoms with van der Waals surface area (Å²) >= 11 is 5.90. The molecule has 5 nitrogen and oxygen atoms in total. The number of piperidine rings is 1. The lowest BCUT2D eigenvalue weighted by Crippen LogP contribution is -2.49. The summed E-state index contributed by atoms with van der Waals surface area (Å²) in [4.78, 5) is 0.309. The Bertz CT molecular complexity index is 845. The molecule has 3 heterocycles. The molecule has 1 fully saturated rings. The summed E-state index contributed by atoms with van der Waals surface area (Å²) in [5.41, 5.74) is 3.07. The number of nitrogens with zero attached hydrogens (tertiary/aromatic N) is 2. The Morgan fingerprint density at radius 3 is 2.74 bits per heavy atom. The lowest BCUT2D eigenvalue weighted by Gasteiger charge is -2.44. The number of sulfonamides is 1. The van der Waals surface area contributed by atoms with Crippen LogP contribution in [0.25, 0.3) is 0 Å². The molecule has 0 spiro atoms. The number of hydrogen-bond donors (Lipinski definition) is 1. The minimum Gasteiger partial charge on any atom is -0.282 e. The van der Waals surface area contributed by atoms with Gasteiger partial charge in [0.1, 0.15) is 0 Å². The molecular weight excluding hydrogens is 334 g/mol. The Hall–Kier alpha value is -1.37. The van der Waals surface area contributed by atoms with Gasteiger partial charge in [0.05, 0.1) is 16.6 Å². The summed E-state index contributed by atoms with van der Waals surface area (Å²) in [6.07, 6.45) is 3.49. The first-order valence-corrected chi connectivity index (χ1v) is 9.63. The van der Waals surface area contributed by atoms with Gasteiger partial charge in [0.25, 0.3) is 0 Å². The molecular formula is C16H18ClN3O2S. The number of nitrogens with one attached hydrogen (secondary N) is 1. The van der Waals surface area contributed by atoms with Gasteiger partial charge in [-0.2, -0.15) is 9.40 Å². The number of H-pyrrole nitrogens is 1. The van der Waals surface area contributed by atoms with Gasteiger partial charge in [0.2, 0.25) is 10.0 Å². The molecule has 1 saturated heterocycles. The van der Waals surface area contributed by atoms with E-state index in [1.807, 2.05) is 6.92 Å². The fraction of sp³-hybridized carbons (Fsp3) is 0.438. The fourth-order valence-corrected chi connectivity index (χ4v) is 5.90. The Balaban J connectivity index is 1.82. The van der Waals surface area contributed by atoms with Gasteiger partial charge in [0.15, 0.2) is 0 Å². The lowest BCUT2D eigenvalue weighted by molar-refractivity contribution is 0.162. The molecule has 4 rings (SSSR count). The molecule has 2 unspecified atom stereocenters. The number of fused-ring (bicyclic) bond motifs is 4. The van der Waals surface area contributed by atoms with E-state index in [2.05, 4.69) is 10.2 Å². The highest BCUT2D eigenvalue weighted by Crippen LogP contribution is 2.45. The van der Waals surface area contributed by atoms with Crippen molar-refractivity contribution in [2.24, 2.45) is 0 Å². The summed E-state index contributed by atoms with van der Waals surface area (Å²) in [5.74, 6) is 0. The number of aryl methyl sites for hydroxylation is 1. The molecule has 2 atom stereocenters. The predicted molar refractivity (Wildman–Crippen MR) is 87.9 cm³/mol. The summed E-state index contributed by atoms with van der Waals surface area (Å²) in [5, 5.41) is 7.92. The van der Waals surface area contributed by atoms with Gasteiger partial charge >= 0.3 is 0 Å². The standard InChI is InChI=1S/C16H18ClN3O2S/c1-10-16-14(19-18-10)9-12-3-2-4-15(16)20(12)23(21,22)13-7-5-11(17)6-8-13/h5-8,12,15H,2-4,9H2,1H3,(H,18,19). The molecule has 0 saturated carbocycles. The highest BCUT2D eigenvalue weighted by molar-refractivity contribution is 7.89. The van der Waals surface area contributed by atoms with E-state index in [9.17, 15) is 8.42 Å². The third-order valence-electron chi connectivity index (χ3n) is 4.92. The largest absolute Gasteiger partial charge is 0.282 e. The van der Waals surface area contributed by atoms with Gasteiger partial charge in [-0.3, -0.25) is 5.10 Å². The first-order valence-electron chi connectivity index (χ1n) is 7.81. The van der Waals surface area contributed by atoms with Crippen LogP contribution in [0, 0.1) is 6.92 Å². The average Bonchev–Trinajstić information content (AvgIpc) is 2.88. The number of aromatic amines is 1. The number of aromatic nitrogens is 2. The molecule has 2 bridgehead atoms. The van der Waals surface area contributed by atoms with Crippen LogP contribution in [0.15, 0.2) is 29.2 Å². The zero-order valence-electron chi connectivity index (χ0n) is 12.8. The van der Waals surface area contributed by atoms with E-state index in [-0.39, 0.29) is 12.1 Å². The van der Waals surface area contributed by atoms with Crippen molar-refractivity contribution in [3.63, 3.8) is 0 Å². The van der Waals surface area contributed by atoms with Crippen LogP contribution in [-0.2, 0) is 16.4 Å². The second kappa shape index (κ2) is 5.33. The lowest BCUT2D eigenvalue weighted by atomic mass is 9.84. The maximum atomic E-state index is 13.2. The van der Waals surface area contributed by atoms with E-state index >= 15 is 0 Å². The van der Waals surface area contributed by atoms with Crippen LogP contribution >= 0.6 is 11.6 Å². The predicted octanol–water partition coefficient (Wildman–Crippen LogP) is 3.21. The van der Waals surface area contributed by atoms with Crippen molar-refractivity contribution in [1.29, 1.82) is 0 Å². The van der Waals surface area contributed by atoms with Gasteiger partial charge in [0, 0.05) is 28.7 Å². The van der Waals surface area contributed by atoms with Crippen molar-refractivity contribution in [1.82, 2.24) is 14.5 Å². The first-order chi connectivity index (χ1) is 11.0. The van der Waals surface area contributed by atoms with E-state index in [0.29, 0.717) is 16.3 Å². The highest BCUT2D eigenvalue weighted by atomic mass is 35.5. The third-order valence-corrected chi connectivity index (χ3v) is 7.15. The van der Waals surface area contributed by atoms with Crippen LogP contribution < -0.4 is 0 Å². The van der Waals surface area contributed by atoms with Crippen LogP contribution in [-0.4, -0.2) is 29.0 Å². The SMILES string of the molecule is Cc1n[nH]c2c1C1CCCC(C2)N1S(=O)(=O)c1ccc(Cl)cc1. The van der Waals surface area contributed by atoms with Crippen molar-refractivity contribution >= 4 is 21.6 Å². The summed E-state index contributed by atoms with van der Waals surface area (Å²) in [7, 11) is -3.54. The maximum Gasteiger partial charge on any atom is 0.243 e. The van der Waals surface area contributed by atoms with Gasteiger partial charge in [-0.1, -0.05) is 11.6 Å². The average molecular weight is 352 g/mol. The zero-order valence-corrected chi connectivity index (χ0v) is 14.4. The molecule has 0 radical (unpaired) electrons. The van der Waals surface area contributed by atoms with E-state index in [1.165, 1.54) is 0 Å². The topological polar surface area (TPSA) is 66.1 Å². The number of rotatable bonds is 2.